The number of hydrogen-bond donors (Lipinski definition) is 0. The molecule has 2 unspecified atom stereocenters. The van der Waals surface area contributed by atoms with Gasteiger partial charge in [-0.1, -0.05) is 48.0 Å². The van der Waals surface area contributed by atoms with Gasteiger partial charge < -0.3 is 9.80 Å². The van der Waals surface area contributed by atoms with Crippen LogP contribution >= 0.6 is 11.6 Å². The molecule has 23 heavy (non-hydrogen) atoms. The molecule has 3 nitrogen and oxygen atoms in total. The molecule has 0 radical (unpaired) electrons. The molecule has 2 aromatic rings. The van der Waals surface area contributed by atoms with Crippen molar-refractivity contribution in [3.63, 3.8) is 0 Å². The molecule has 0 amide bonds. The molecule has 5 rings (SSSR count). The molecule has 2 atom stereocenters. The molecule has 4 heteroatoms. The molecule has 1 fully saturated rings. The van der Waals surface area contributed by atoms with Gasteiger partial charge in [-0.25, -0.2) is 0 Å². The molecule has 0 aliphatic carbocycles. The Hall–Kier alpha value is -2.00. The van der Waals surface area contributed by atoms with Crippen molar-refractivity contribution in [1.82, 2.24) is 4.90 Å². The van der Waals surface area contributed by atoms with Crippen molar-refractivity contribution in [2.24, 2.45) is 4.99 Å². The average Bonchev–Trinajstić information content (AvgIpc) is 3.22. The summed E-state index contributed by atoms with van der Waals surface area (Å²) in [5, 5.41) is 0.815. The number of nitrogens with zero attached hydrogens (tertiary/aromatic N) is 3. The van der Waals surface area contributed by atoms with Crippen LogP contribution in [0, 0.1) is 0 Å². The van der Waals surface area contributed by atoms with Crippen LogP contribution in [0.25, 0.3) is 0 Å². The summed E-state index contributed by atoms with van der Waals surface area (Å²) >= 11 is 6.52. The Balaban J connectivity index is 1.66. The molecular weight excluding hydrogens is 306 g/mol. The Labute approximate surface area is 141 Å². The van der Waals surface area contributed by atoms with E-state index in [0.29, 0.717) is 12.1 Å². The molecule has 3 aliphatic rings. The Morgan fingerprint density at radius 1 is 0.957 bits per heavy atom. The summed E-state index contributed by atoms with van der Waals surface area (Å²) in [4.78, 5) is 9.78. The Morgan fingerprint density at radius 2 is 1.83 bits per heavy atom. The van der Waals surface area contributed by atoms with E-state index in [1.165, 1.54) is 17.7 Å². The number of fused-ring (bicyclic) bond motifs is 6. The highest BCUT2D eigenvalue weighted by Gasteiger charge is 2.46. The van der Waals surface area contributed by atoms with E-state index >= 15 is 0 Å². The predicted octanol–water partition coefficient (Wildman–Crippen LogP) is 3.74. The van der Waals surface area contributed by atoms with Crippen molar-refractivity contribution >= 4 is 23.1 Å². The first kappa shape index (κ1) is 13.4. The van der Waals surface area contributed by atoms with Crippen LogP contribution in [0.5, 0.6) is 0 Å². The van der Waals surface area contributed by atoms with E-state index in [2.05, 4.69) is 52.3 Å². The fourth-order valence-electron chi connectivity index (χ4n) is 4.38. The second kappa shape index (κ2) is 5.00. The summed E-state index contributed by atoms with van der Waals surface area (Å²) in [6, 6.07) is 17.1. The van der Waals surface area contributed by atoms with Gasteiger partial charge >= 0.3 is 0 Å². The summed E-state index contributed by atoms with van der Waals surface area (Å²) in [5.41, 5.74) is 3.80. The minimum Gasteiger partial charge on any atom is -0.350 e. The lowest BCUT2D eigenvalue weighted by molar-refractivity contribution is 0.311. The number of halogens is 1. The summed E-state index contributed by atoms with van der Waals surface area (Å²) in [5.74, 6) is 1.61. The third-order valence-corrected chi connectivity index (χ3v) is 5.62. The van der Waals surface area contributed by atoms with Crippen molar-refractivity contribution in [1.29, 1.82) is 0 Å². The summed E-state index contributed by atoms with van der Waals surface area (Å²) in [6.07, 6.45) is 1.54. The van der Waals surface area contributed by atoms with Crippen LogP contribution in [-0.4, -0.2) is 36.5 Å². The highest BCUT2D eigenvalue weighted by atomic mass is 35.5. The number of rotatable bonds is 1. The fourth-order valence-corrected chi connectivity index (χ4v) is 4.63. The van der Waals surface area contributed by atoms with Crippen LogP contribution in [0.1, 0.15) is 23.5 Å². The van der Waals surface area contributed by atoms with Gasteiger partial charge in [-0.3, -0.25) is 4.99 Å². The monoisotopic (exact) mass is 323 g/mol. The van der Waals surface area contributed by atoms with E-state index in [9.17, 15) is 0 Å². The SMILES string of the molecule is Clc1cccc2c1C1=NCCN1C1C(c3ccccc3)CCN21. The lowest BCUT2D eigenvalue weighted by Gasteiger charge is -2.44. The molecule has 0 saturated carbocycles. The largest absolute Gasteiger partial charge is 0.350 e. The van der Waals surface area contributed by atoms with Crippen LogP contribution < -0.4 is 4.90 Å². The maximum atomic E-state index is 6.52. The Morgan fingerprint density at radius 3 is 2.70 bits per heavy atom. The molecule has 2 aromatic carbocycles. The molecule has 0 bridgehead atoms. The fraction of sp³-hybridized carbons (Fsp3) is 0.316. The van der Waals surface area contributed by atoms with E-state index in [1.54, 1.807) is 0 Å². The third kappa shape index (κ3) is 1.86. The second-order valence-corrected chi connectivity index (χ2v) is 6.85. The van der Waals surface area contributed by atoms with Crippen LogP contribution in [0.2, 0.25) is 5.02 Å². The molecule has 0 N–H and O–H groups in total. The number of anilines is 1. The van der Waals surface area contributed by atoms with Crippen LogP contribution in [0.15, 0.2) is 53.5 Å². The first-order valence-electron chi connectivity index (χ1n) is 8.26. The molecular formula is C19H18ClN3. The number of hydrogen-bond acceptors (Lipinski definition) is 3. The Bertz CT molecular complexity index is 786. The smallest absolute Gasteiger partial charge is 0.136 e. The molecule has 116 valence electrons. The third-order valence-electron chi connectivity index (χ3n) is 5.31. The first-order chi connectivity index (χ1) is 11.3. The van der Waals surface area contributed by atoms with Crippen molar-refractivity contribution in [3.8, 4) is 0 Å². The molecule has 1 saturated heterocycles. The van der Waals surface area contributed by atoms with Crippen molar-refractivity contribution in [2.75, 3.05) is 24.5 Å². The Kier molecular flexibility index (Phi) is 2.92. The highest BCUT2D eigenvalue weighted by Crippen LogP contribution is 2.45. The minimum absolute atomic E-state index is 0.365. The maximum absolute atomic E-state index is 6.52. The molecule has 3 heterocycles. The lowest BCUT2D eigenvalue weighted by atomic mass is 9.93. The summed E-state index contributed by atoms with van der Waals surface area (Å²) < 4.78 is 0. The minimum atomic E-state index is 0.365. The highest BCUT2D eigenvalue weighted by molar-refractivity contribution is 6.35. The zero-order valence-electron chi connectivity index (χ0n) is 12.8. The zero-order chi connectivity index (χ0) is 15.4. The second-order valence-electron chi connectivity index (χ2n) is 6.45. The average molecular weight is 324 g/mol. The number of benzene rings is 2. The van der Waals surface area contributed by atoms with E-state index < -0.39 is 0 Å². The van der Waals surface area contributed by atoms with E-state index in [1.807, 2.05) is 6.07 Å². The molecule has 0 aromatic heterocycles. The predicted molar refractivity (Wildman–Crippen MR) is 94.5 cm³/mol. The normalized spacial score (nSPS) is 25.0. The summed E-state index contributed by atoms with van der Waals surface area (Å²) in [7, 11) is 0. The van der Waals surface area contributed by atoms with Gasteiger partial charge in [-0.05, 0) is 24.1 Å². The van der Waals surface area contributed by atoms with Gasteiger partial charge in [0.05, 0.1) is 22.8 Å². The van der Waals surface area contributed by atoms with Crippen molar-refractivity contribution < 1.29 is 0 Å². The molecule has 3 aliphatic heterocycles. The van der Waals surface area contributed by atoms with Gasteiger partial charge in [-0.15, -0.1) is 0 Å². The topological polar surface area (TPSA) is 18.8 Å². The molecule has 0 spiro atoms. The van der Waals surface area contributed by atoms with Gasteiger partial charge in [0.15, 0.2) is 0 Å². The van der Waals surface area contributed by atoms with Gasteiger partial charge in [0.25, 0.3) is 0 Å². The van der Waals surface area contributed by atoms with Crippen molar-refractivity contribution in [2.45, 2.75) is 18.5 Å². The van der Waals surface area contributed by atoms with Crippen molar-refractivity contribution in [3.05, 3.63) is 64.7 Å². The van der Waals surface area contributed by atoms with E-state index in [-0.39, 0.29) is 0 Å². The van der Waals surface area contributed by atoms with Crippen LogP contribution in [0.3, 0.4) is 0 Å². The first-order valence-corrected chi connectivity index (χ1v) is 8.64. The van der Waals surface area contributed by atoms with Crippen LogP contribution in [0.4, 0.5) is 5.69 Å². The van der Waals surface area contributed by atoms with Gasteiger partial charge in [0, 0.05) is 19.0 Å². The maximum Gasteiger partial charge on any atom is 0.136 e. The quantitative estimate of drug-likeness (QED) is 0.796. The van der Waals surface area contributed by atoms with Gasteiger partial charge in [0.1, 0.15) is 12.0 Å². The number of aliphatic imine (C=N–C) groups is 1. The van der Waals surface area contributed by atoms with E-state index in [0.717, 1.165) is 36.1 Å². The van der Waals surface area contributed by atoms with Crippen LogP contribution in [-0.2, 0) is 0 Å². The van der Waals surface area contributed by atoms with Gasteiger partial charge in [-0.2, -0.15) is 0 Å². The van der Waals surface area contributed by atoms with E-state index in [4.69, 9.17) is 16.6 Å². The lowest BCUT2D eigenvalue weighted by Crippen LogP contribution is -2.53. The zero-order valence-corrected chi connectivity index (χ0v) is 13.6. The van der Waals surface area contributed by atoms with Gasteiger partial charge in [0.2, 0.25) is 0 Å². The number of amidine groups is 1. The standard InChI is InChI=1S/C19H18ClN3/c20-15-7-4-8-16-17(15)18-21-10-12-23(18)19-14(9-11-22(16)19)13-5-2-1-3-6-13/h1-8,14,19H,9-12H2. The summed E-state index contributed by atoms with van der Waals surface area (Å²) in [6.45, 7) is 2.93.